The number of hydrogen-bond acceptors (Lipinski definition) is 6. The third-order valence-corrected chi connectivity index (χ3v) is 6.45. The van der Waals surface area contributed by atoms with Crippen LogP contribution in [0.2, 0.25) is 0 Å². The van der Waals surface area contributed by atoms with Crippen molar-refractivity contribution < 1.29 is 28.9 Å². The van der Waals surface area contributed by atoms with Gasteiger partial charge in [0.25, 0.3) is 0 Å². The number of aliphatic hydroxyl groups is 1. The van der Waals surface area contributed by atoms with Crippen LogP contribution in [0.3, 0.4) is 0 Å². The molecule has 4 fully saturated rings. The fraction of sp³-hybridized carbons (Fsp3) is 0.900. The molecule has 164 valence electrons. The zero-order valence-corrected chi connectivity index (χ0v) is 16.9. The SMILES string of the molecule is O=C(NC[C@H]1O[C@@H]2C[C@@H](CC(=O)N3CCOCC3)O[C@@H]2[C@@H]1O)NC1CCCCC1. The van der Waals surface area contributed by atoms with Crippen LogP contribution in [0.15, 0.2) is 0 Å². The highest BCUT2D eigenvalue weighted by Crippen LogP contribution is 2.35. The Labute approximate surface area is 171 Å². The predicted octanol–water partition coefficient (Wildman–Crippen LogP) is 0.153. The van der Waals surface area contributed by atoms with E-state index in [9.17, 15) is 14.7 Å². The maximum atomic E-state index is 12.4. The number of nitrogens with zero attached hydrogens (tertiary/aromatic N) is 1. The normalized spacial score (nSPS) is 35.3. The van der Waals surface area contributed by atoms with Crippen LogP contribution in [-0.2, 0) is 19.0 Å². The monoisotopic (exact) mass is 411 g/mol. The molecule has 1 saturated carbocycles. The van der Waals surface area contributed by atoms with E-state index in [0.717, 1.165) is 25.7 Å². The van der Waals surface area contributed by atoms with Crippen LogP contribution >= 0.6 is 0 Å². The molecule has 4 rings (SSSR count). The first-order valence-electron chi connectivity index (χ1n) is 11.0. The van der Waals surface area contributed by atoms with Gasteiger partial charge in [0, 0.05) is 32.1 Å². The summed E-state index contributed by atoms with van der Waals surface area (Å²) in [7, 11) is 0. The van der Waals surface area contributed by atoms with E-state index in [1.54, 1.807) is 4.90 Å². The Bertz CT molecular complexity index is 579. The first-order valence-corrected chi connectivity index (χ1v) is 11.0. The molecule has 1 aliphatic carbocycles. The number of amides is 3. The number of fused-ring (bicyclic) bond motifs is 1. The summed E-state index contributed by atoms with van der Waals surface area (Å²) in [5.74, 6) is 0.0605. The van der Waals surface area contributed by atoms with Gasteiger partial charge in [-0.1, -0.05) is 19.3 Å². The van der Waals surface area contributed by atoms with Crippen LogP contribution in [0.25, 0.3) is 0 Å². The lowest BCUT2D eigenvalue weighted by Gasteiger charge is -2.28. The Balaban J connectivity index is 1.18. The van der Waals surface area contributed by atoms with Gasteiger partial charge in [0.1, 0.15) is 18.3 Å². The van der Waals surface area contributed by atoms with Crippen LogP contribution < -0.4 is 10.6 Å². The molecule has 0 aromatic carbocycles. The summed E-state index contributed by atoms with van der Waals surface area (Å²) in [6, 6.07) is 0.0327. The molecule has 3 N–H and O–H groups in total. The summed E-state index contributed by atoms with van der Waals surface area (Å²) >= 11 is 0. The number of urea groups is 1. The van der Waals surface area contributed by atoms with Crippen molar-refractivity contribution >= 4 is 11.9 Å². The second-order valence-electron chi connectivity index (χ2n) is 8.55. The minimum absolute atomic E-state index is 0.0605. The van der Waals surface area contributed by atoms with E-state index >= 15 is 0 Å². The van der Waals surface area contributed by atoms with Crippen molar-refractivity contribution in [2.75, 3.05) is 32.8 Å². The fourth-order valence-corrected chi connectivity index (χ4v) is 4.82. The third kappa shape index (κ3) is 5.20. The summed E-state index contributed by atoms with van der Waals surface area (Å²) in [6.07, 6.45) is 4.29. The Morgan fingerprint density at radius 2 is 1.83 bits per heavy atom. The largest absolute Gasteiger partial charge is 0.388 e. The molecule has 4 aliphatic rings. The zero-order chi connectivity index (χ0) is 20.2. The molecule has 0 aromatic rings. The second-order valence-corrected chi connectivity index (χ2v) is 8.55. The summed E-state index contributed by atoms with van der Waals surface area (Å²) in [6.45, 7) is 2.64. The van der Waals surface area contributed by atoms with Gasteiger partial charge in [0.05, 0.1) is 31.8 Å². The molecule has 5 atom stereocenters. The van der Waals surface area contributed by atoms with Crippen LogP contribution in [0.5, 0.6) is 0 Å². The van der Waals surface area contributed by atoms with Gasteiger partial charge in [0.2, 0.25) is 5.91 Å². The van der Waals surface area contributed by atoms with Gasteiger partial charge in [-0.15, -0.1) is 0 Å². The van der Waals surface area contributed by atoms with Gasteiger partial charge in [-0.05, 0) is 12.8 Å². The molecular formula is C20H33N3O6. The van der Waals surface area contributed by atoms with Crippen molar-refractivity contribution in [3.05, 3.63) is 0 Å². The molecule has 3 amide bonds. The quantitative estimate of drug-likeness (QED) is 0.594. The van der Waals surface area contributed by atoms with Crippen molar-refractivity contribution in [3.63, 3.8) is 0 Å². The highest BCUT2D eigenvalue weighted by Gasteiger charge is 2.50. The van der Waals surface area contributed by atoms with Gasteiger partial charge in [0.15, 0.2) is 0 Å². The Morgan fingerprint density at radius 1 is 1.07 bits per heavy atom. The predicted molar refractivity (Wildman–Crippen MR) is 103 cm³/mol. The molecule has 3 heterocycles. The van der Waals surface area contributed by atoms with Gasteiger partial charge < -0.3 is 34.9 Å². The number of morpholine rings is 1. The average molecular weight is 411 g/mol. The molecule has 29 heavy (non-hydrogen) atoms. The molecule has 9 heteroatoms. The molecule has 3 aliphatic heterocycles. The zero-order valence-electron chi connectivity index (χ0n) is 16.9. The standard InChI is InChI=1S/C20H33N3O6/c24-17(23-6-8-27-9-7-23)11-14-10-15-19(28-14)18(25)16(29-15)12-21-20(26)22-13-4-2-1-3-5-13/h13-16,18-19,25H,1-12H2,(H2,21,22,26)/t14-,15+,16+,18+,19-/m0/s1. The van der Waals surface area contributed by atoms with Gasteiger partial charge in [-0.3, -0.25) is 4.79 Å². The molecule has 0 bridgehead atoms. The minimum atomic E-state index is -0.807. The van der Waals surface area contributed by atoms with Crippen LogP contribution in [-0.4, -0.2) is 91.4 Å². The summed E-state index contributed by atoms with van der Waals surface area (Å²) in [5.41, 5.74) is 0. The Hall–Kier alpha value is -1.42. The van der Waals surface area contributed by atoms with E-state index in [4.69, 9.17) is 14.2 Å². The number of carbonyl (C=O) groups is 2. The van der Waals surface area contributed by atoms with E-state index in [0.29, 0.717) is 39.1 Å². The van der Waals surface area contributed by atoms with E-state index in [2.05, 4.69) is 10.6 Å². The van der Waals surface area contributed by atoms with Crippen molar-refractivity contribution in [1.29, 1.82) is 0 Å². The molecule has 0 aromatic heterocycles. The van der Waals surface area contributed by atoms with Gasteiger partial charge in [-0.2, -0.15) is 0 Å². The van der Waals surface area contributed by atoms with E-state index in [-0.39, 0.29) is 36.7 Å². The highest BCUT2D eigenvalue weighted by atomic mass is 16.6. The minimum Gasteiger partial charge on any atom is -0.388 e. The number of rotatable bonds is 5. The van der Waals surface area contributed by atoms with E-state index in [1.807, 2.05) is 0 Å². The number of hydrogen-bond donors (Lipinski definition) is 3. The first-order chi connectivity index (χ1) is 14.1. The van der Waals surface area contributed by atoms with Gasteiger partial charge >= 0.3 is 6.03 Å². The maximum absolute atomic E-state index is 12.4. The molecule has 0 spiro atoms. The molecular weight excluding hydrogens is 378 g/mol. The Kier molecular flexibility index (Phi) is 6.89. The van der Waals surface area contributed by atoms with Crippen molar-refractivity contribution in [2.45, 2.75) is 81.5 Å². The van der Waals surface area contributed by atoms with Crippen molar-refractivity contribution in [2.24, 2.45) is 0 Å². The van der Waals surface area contributed by atoms with E-state index < -0.39 is 18.3 Å². The first kappa shape index (κ1) is 20.8. The highest BCUT2D eigenvalue weighted by molar-refractivity contribution is 5.77. The van der Waals surface area contributed by atoms with Crippen molar-refractivity contribution in [3.8, 4) is 0 Å². The number of carbonyl (C=O) groups excluding carboxylic acids is 2. The summed E-state index contributed by atoms with van der Waals surface area (Å²) < 4.78 is 17.1. The van der Waals surface area contributed by atoms with Gasteiger partial charge in [-0.25, -0.2) is 4.79 Å². The van der Waals surface area contributed by atoms with Crippen LogP contribution in [0, 0.1) is 0 Å². The molecule has 0 radical (unpaired) electrons. The van der Waals surface area contributed by atoms with Crippen LogP contribution in [0.1, 0.15) is 44.9 Å². The van der Waals surface area contributed by atoms with Crippen molar-refractivity contribution in [1.82, 2.24) is 15.5 Å². The lowest BCUT2D eigenvalue weighted by Crippen LogP contribution is -2.47. The lowest BCUT2D eigenvalue weighted by atomic mass is 9.96. The molecule has 9 nitrogen and oxygen atoms in total. The summed E-state index contributed by atoms with van der Waals surface area (Å²) in [4.78, 5) is 26.3. The number of nitrogens with one attached hydrogen (secondary N) is 2. The lowest BCUT2D eigenvalue weighted by molar-refractivity contribution is -0.138. The second kappa shape index (κ2) is 9.59. The van der Waals surface area contributed by atoms with Crippen LogP contribution in [0.4, 0.5) is 4.79 Å². The smallest absolute Gasteiger partial charge is 0.315 e. The fourth-order valence-electron chi connectivity index (χ4n) is 4.82. The molecule has 3 saturated heterocycles. The Morgan fingerprint density at radius 3 is 2.55 bits per heavy atom. The topological polar surface area (TPSA) is 109 Å². The number of aliphatic hydroxyl groups excluding tert-OH is 1. The number of ether oxygens (including phenoxy) is 3. The molecule has 0 unspecified atom stereocenters. The van der Waals surface area contributed by atoms with E-state index in [1.165, 1.54) is 6.42 Å². The maximum Gasteiger partial charge on any atom is 0.315 e. The summed E-state index contributed by atoms with van der Waals surface area (Å²) in [5, 5.41) is 16.4. The average Bonchev–Trinajstić information content (AvgIpc) is 3.26. The third-order valence-electron chi connectivity index (χ3n) is 6.45.